The van der Waals surface area contributed by atoms with E-state index in [1.54, 1.807) is 6.07 Å². The van der Waals surface area contributed by atoms with Crippen molar-refractivity contribution in [3.8, 4) is 0 Å². The average Bonchev–Trinajstić information content (AvgIpc) is 3.21. The van der Waals surface area contributed by atoms with E-state index in [9.17, 15) is 4.79 Å². The van der Waals surface area contributed by atoms with E-state index in [1.807, 2.05) is 4.90 Å². The first-order chi connectivity index (χ1) is 11.2. The zero-order valence-corrected chi connectivity index (χ0v) is 13.1. The molecule has 4 rings (SSSR count). The number of fused-ring (bicyclic) bond motifs is 1. The predicted molar refractivity (Wildman–Crippen MR) is 87.4 cm³/mol. The number of benzene rings is 1. The lowest BCUT2D eigenvalue weighted by atomic mass is 9.87. The molecule has 0 bridgehead atoms. The molecule has 118 valence electrons. The average molecular weight is 309 g/mol. The number of piperidine rings is 1. The van der Waals surface area contributed by atoms with Crippen LogP contribution in [0.5, 0.6) is 0 Å². The van der Waals surface area contributed by atoms with Crippen molar-refractivity contribution in [2.45, 2.75) is 25.7 Å². The molecule has 23 heavy (non-hydrogen) atoms. The molecule has 1 aromatic carbocycles. The second-order valence-corrected chi connectivity index (χ2v) is 6.16. The molecule has 1 fully saturated rings. The van der Waals surface area contributed by atoms with Gasteiger partial charge >= 0.3 is 0 Å². The van der Waals surface area contributed by atoms with Gasteiger partial charge in [-0.2, -0.15) is 0 Å². The molecule has 2 aromatic heterocycles. The number of nitrogens with zero attached hydrogens (tertiary/aromatic N) is 2. The largest absolute Gasteiger partial charge is 0.364 e. The molecule has 0 radical (unpaired) electrons. The summed E-state index contributed by atoms with van der Waals surface area (Å²) >= 11 is 0. The molecule has 0 atom stereocenters. The summed E-state index contributed by atoms with van der Waals surface area (Å²) in [5, 5.41) is 5.06. The van der Waals surface area contributed by atoms with Crippen molar-refractivity contribution in [1.29, 1.82) is 0 Å². The Morgan fingerprint density at radius 3 is 2.78 bits per heavy atom. The van der Waals surface area contributed by atoms with Gasteiger partial charge in [-0.15, -0.1) is 0 Å². The molecule has 1 amide bonds. The summed E-state index contributed by atoms with van der Waals surface area (Å²) in [5.74, 6) is 0.459. The van der Waals surface area contributed by atoms with Gasteiger partial charge in [0.25, 0.3) is 5.91 Å². The third-order valence-corrected chi connectivity index (χ3v) is 4.79. The van der Waals surface area contributed by atoms with E-state index < -0.39 is 0 Å². The Labute approximate surface area is 134 Å². The molecule has 0 saturated carbocycles. The number of H-pyrrole nitrogens is 1. The fraction of sp³-hybridized carbons (Fsp3) is 0.333. The van der Waals surface area contributed by atoms with Gasteiger partial charge in [-0.1, -0.05) is 23.4 Å². The molecule has 5 heteroatoms. The zero-order chi connectivity index (χ0) is 15.8. The lowest BCUT2D eigenvalue weighted by Crippen LogP contribution is -2.38. The van der Waals surface area contributed by atoms with Gasteiger partial charge in [0.2, 0.25) is 0 Å². The van der Waals surface area contributed by atoms with Crippen molar-refractivity contribution in [2.75, 3.05) is 13.1 Å². The molecule has 3 aromatic rings. The first kappa shape index (κ1) is 14.1. The van der Waals surface area contributed by atoms with Crippen LogP contribution in [0.25, 0.3) is 10.9 Å². The van der Waals surface area contributed by atoms with E-state index in [1.165, 1.54) is 28.4 Å². The first-order valence-corrected chi connectivity index (χ1v) is 8.01. The van der Waals surface area contributed by atoms with Crippen LogP contribution in [0.1, 0.15) is 40.5 Å². The Morgan fingerprint density at radius 2 is 2.04 bits per heavy atom. The number of amides is 1. The smallest absolute Gasteiger partial charge is 0.276 e. The van der Waals surface area contributed by atoms with Crippen LogP contribution < -0.4 is 0 Å². The third kappa shape index (κ3) is 2.42. The Kier molecular flexibility index (Phi) is 3.41. The summed E-state index contributed by atoms with van der Waals surface area (Å²) in [6.07, 6.45) is 3.40. The maximum absolute atomic E-state index is 12.3. The van der Waals surface area contributed by atoms with Crippen molar-refractivity contribution < 1.29 is 9.32 Å². The predicted octanol–water partition coefficient (Wildman–Crippen LogP) is 3.48. The van der Waals surface area contributed by atoms with Gasteiger partial charge in [0.15, 0.2) is 5.69 Å². The molecule has 1 aliphatic heterocycles. The van der Waals surface area contributed by atoms with Crippen LogP contribution in [0.15, 0.2) is 41.1 Å². The molecule has 1 N–H and O–H groups in total. The molecule has 1 saturated heterocycles. The summed E-state index contributed by atoms with van der Waals surface area (Å²) in [5.41, 5.74) is 4.24. The molecular formula is C18H19N3O2. The van der Waals surface area contributed by atoms with Crippen LogP contribution in [0, 0.1) is 6.92 Å². The Balaban J connectivity index is 1.53. The quantitative estimate of drug-likeness (QED) is 0.788. The maximum Gasteiger partial charge on any atom is 0.276 e. The van der Waals surface area contributed by atoms with Crippen molar-refractivity contribution in [3.05, 3.63) is 53.5 Å². The van der Waals surface area contributed by atoms with E-state index in [-0.39, 0.29) is 5.91 Å². The highest BCUT2D eigenvalue weighted by Crippen LogP contribution is 2.35. The molecular weight excluding hydrogens is 290 g/mol. The van der Waals surface area contributed by atoms with Crippen LogP contribution in [-0.4, -0.2) is 34.0 Å². The number of carbonyl (C=O) groups is 1. The standard InChI is InChI=1S/C18H19N3O2/c1-12-17(14-4-2-3-5-15(14)19-12)13-6-9-21(10-7-13)18(22)16-8-11-23-20-16/h2-5,8,11,13,19H,6-7,9-10H2,1H3. The van der Waals surface area contributed by atoms with Gasteiger partial charge in [0.05, 0.1) is 0 Å². The van der Waals surface area contributed by atoms with Crippen LogP contribution in [0.3, 0.4) is 0 Å². The second-order valence-electron chi connectivity index (χ2n) is 6.16. The number of likely N-dealkylation sites (tertiary alicyclic amines) is 1. The van der Waals surface area contributed by atoms with Crippen molar-refractivity contribution in [2.24, 2.45) is 0 Å². The molecule has 0 spiro atoms. The number of aromatic amines is 1. The van der Waals surface area contributed by atoms with Crippen molar-refractivity contribution >= 4 is 16.8 Å². The SMILES string of the molecule is Cc1[nH]c2ccccc2c1C1CCN(C(=O)c2ccon2)CC1. The summed E-state index contributed by atoms with van der Waals surface area (Å²) in [4.78, 5) is 17.7. The number of aromatic nitrogens is 2. The van der Waals surface area contributed by atoms with Crippen LogP contribution >= 0.6 is 0 Å². The lowest BCUT2D eigenvalue weighted by molar-refractivity contribution is 0.0702. The summed E-state index contributed by atoms with van der Waals surface area (Å²) < 4.78 is 4.77. The molecule has 0 unspecified atom stereocenters. The topological polar surface area (TPSA) is 62.1 Å². The number of hydrogen-bond acceptors (Lipinski definition) is 3. The highest BCUT2D eigenvalue weighted by molar-refractivity contribution is 5.92. The first-order valence-electron chi connectivity index (χ1n) is 8.01. The van der Waals surface area contributed by atoms with E-state index in [0.29, 0.717) is 11.6 Å². The fourth-order valence-electron chi connectivity index (χ4n) is 3.68. The van der Waals surface area contributed by atoms with Gasteiger partial charge in [-0.05, 0) is 37.3 Å². The summed E-state index contributed by atoms with van der Waals surface area (Å²) in [6.45, 7) is 3.66. The van der Waals surface area contributed by atoms with Gasteiger partial charge in [0, 0.05) is 35.8 Å². The maximum atomic E-state index is 12.3. The van der Waals surface area contributed by atoms with Gasteiger partial charge in [-0.25, -0.2) is 0 Å². The summed E-state index contributed by atoms with van der Waals surface area (Å²) in [6, 6.07) is 10.1. The van der Waals surface area contributed by atoms with Crippen LogP contribution in [0.4, 0.5) is 0 Å². The normalized spacial score (nSPS) is 16.1. The lowest BCUT2D eigenvalue weighted by Gasteiger charge is -2.31. The number of aryl methyl sites for hydroxylation is 1. The number of hydrogen-bond donors (Lipinski definition) is 1. The fourth-order valence-corrected chi connectivity index (χ4v) is 3.68. The van der Waals surface area contributed by atoms with E-state index >= 15 is 0 Å². The number of rotatable bonds is 2. The van der Waals surface area contributed by atoms with E-state index in [4.69, 9.17) is 4.52 Å². The summed E-state index contributed by atoms with van der Waals surface area (Å²) in [7, 11) is 0. The van der Waals surface area contributed by atoms with Crippen LogP contribution in [0.2, 0.25) is 0 Å². The minimum absolute atomic E-state index is 0.0344. The Hall–Kier alpha value is -2.56. The Bertz CT molecular complexity index is 827. The second kappa shape index (κ2) is 5.57. The van der Waals surface area contributed by atoms with Gasteiger partial charge in [-0.3, -0.25) is 4.79 Å². The minimum Gasteiger partial charge on any atom is -0.364 e. The van der Waals surface area contributed by atoms with Gasteiger partial charge in [0.1, 0.15) is 6.26 Å². The molecule has 0 aliphatic carbocycles. The van der Waals surface area contributed by atoms with Crippen LogP contribution in [-0.2, 0) is 0 Å². The van der Waals surface area contributed by atoms with E-state index in [0.717, 1.165) is 25.9 Å². The third-order valence-electron chi connectivity index (χ3n) is 4.79. The number of nitrogens with one attached hydrogen (secondary N) is 1. The number of para-hydroxylation sites is 1. The van der Waals surface area contributed by atoms with E-state index in [2.05, 4.69) is 41.3 Å². The zero-order valence-electron chi connectivity index (χ0n) is 13.1. The van der Waals surface area contributed by atoms with Crippen molar-refractivity contribution in [3.63, 3.8) is 0 Å². The molecule has 1 aliphatic rings. The van der Waals surface area contributed by atoms with Gasteiger partial charge < -0.3 is 14.4 Å². The number of carbonyl (C=O) groups excluding carboxylic acids is 1. The molecule has 5 nitrogen and oxygen atoms in total. The highest BCUT2D eigenvalue weighted by atomic mass is 16.5. The molecule has 3 heterocycles. The highest BCUT2D eigenvalue weighted by Gasteiger charge is 2.28. The van der Waals surface area contributed by atoms with Crippen molar-refractivity contribution in [1.82, 2.24) is 15.0 Å². The Morgan fingerprint density at radius 1 is 1.26 bits per heavy atom. The monoisotopic (exact) mass is 309 g/mol. The minimum atomic E-state index is -0.0344.